The number of benzene rings is 3. The number of piperazine rings is 2. The van der Waals surface area contributed by atoms with Gasteiger partial charge in [0.1, 0.15) is 18.4 Å². The minimum atomic E-state index is -0.805. The second kappa shape index (κ2) is 20.2. The van der Waals surface area contributed by atoms with Crippen molar-refractivity contribution < 1.29 is 28.6 Å². The Morgan fingerprint density at radius 3 is 2.27 bits per heavy atom. The van der Waals surface area contributed by atoms with Crippen LogP contribution in [0.5, 0.6) is 5.75 Å². The van der Waals surface area contributed by atoms with Crippen molar-refractivity contribution in [2.24, 2.45) is 0 Å². The summed E-state index contributed by atoms with van der Waals surface area (Å²) in [6.45, 7) is 16.9. The van der Waals surface area contributed by atoms with Crippen LogP contribution < -0.4 is 20.3 Å². The SMILES string of the molecule is C=C1CCC(N2C(=O)c3ccc(N4CCN(CCCN5CCN(CCOc6ccc7cc6COC/C=C/COCc6cccc(c6)-c6ccnc(n6)N7)CC5)CC4)cc3C2=O)C(=O)N1. The lowest BCUT2D eigenvalue weighted by Crippen LogP contribution is -2.51. The van der Waals surface area contributed by atoms with Crippen molar-refractivity contribution >= 4 is 35.0 Å². The molecule has 0 radical (unpaired) electrons. The van der Waals surface area contributed by atoms with Gasteiger partial charge in [0.05, 0.1) is 43.2 Å². The molecule has 5 aliphatic rings. The van der Waals surface area contributed by atoms with Crippen LogP contribution in [0.4, 0.5) is 17.3 Å². The molecule has 64 heavy (non-hydrogen) atoms. The van der Waals surface area contributed by atoms with E-state index >= 15 is 0 Å². The van der Waals surface area contributed by atoms with E-state index in [9.17, 15) is 14.4 Å². The monoisotopic (exact) mass is 867 g/mol. The highest BCUT2D eigenvalue weighted by atomic mass is 16.5. The third kappa shape index (κ3) is 10.4. The van der Waals surface area contributed by atoms with Crippen molar-refractivity contribution in [1.29, 1.82) is 0 Å². The first-order valence-corrected chi connectivity index (χ1v) is 22.5. The molecule has 0 saturated carbocycles. The molecular formula is C49H57N9O6. The molecule has 3 amide bonds. The van der Waals surface area contributed by atoms with Crippen molar-refractivity contribution in [2.75, 3.05) is 102 Å². The van der Waals surface area contributed by atoms with Crippen LogP contribution in [-0.4, -0.2) is 145 Å². The highest BCUT2D eigenvalue weighted by Crippen LogP contribution is 2.32. The zero-order valence-corrected chi connectivity index (χ0v) is 36.4. The van der Waals surface area contributed by atoms with Gasteiger partial charge in [0.2, 0.25) is 11.9 Å². The lowest BCUT2D eigenvalue weighted by atomic mass is 10.0. The van der Waals surface area contributed by atoms with Gasteiger partial charge in [0.15, 0.2) is 0 Å². The van der Waals surface area contributed by atoms with E-state index in [1.165, 1.54) is 0 Å². The normalized spacial score (nSPS) is 20.8. The third-order valence-electron chi connectivity index (χ3n) is 12.7. The van der Waals surface area contributed by atoms with E-state index in [1.54, 1.807) is 12.3 Å². The number of hydrogen-bond donors (Lipinski definition) is 2. The van der Waals surface area contributed by atoms with E-state index < -0.39 is 17.9 Å². The van der Waals surface area contributed by atoms with Crippen molar-refractivity contribution in [3.8, 4) is 17.0 Å². The van der Waals surface area contributed by atoms with Crippen LogP contribution in [0.15, 0.2) is 97.4 Å². The summed E-state index contributed by atoms with van der Waals surface area (Å²) in [5, 5.41) is 6.07. The molecule has 334 valence electrons. The number of allylic oxidation sites excluding steroid dienone is 1. The van der Waals surface area contributed by atoms with Crippen LogP contribution >= 0.6 is 0 Å². The highest BCUT2D eigenvalue weighted by molar-refractivity contribution is 6.23. The number of fused-ring (bicyclic) bond motifs is 8. The fourth-order valence-electron chi connectivity index (χ4n) is 9.06. The van der Waals surface area contributed by atoms with Gasteiger partial charge in [-0.3, -0.25) is 29.1 Å². The Labute approximate surface area is 374 Å². The molecule has 0 spiro atoms. The summed E-state index contributed by atoms with van der Waals surface area (Å²) in [5.74, 6) is 0.183. The van der Waals surface area contributed by atoms with E-state index in [1.807, 2.05) is 54.6 Å². The number of aromatic nitrogens is 2. The molecule has 3 fully saturated rings. The van der Waals surface area contributed by atoms with E-state index in [2.05, 4.69) is 60.0 Å². The van der Waals surface area contributed by atoms with Gasteiger partial charge in [-0.1, -0.05) is 36.9 Å². The van der Waals surface area contributed by atoms with E-state index in [0.29, 0.717) is 68.6 Å². The molecule has 6 heterocycles. The Balaban J connectivity index is 0.702. The smallest absolute Gasteiger partial charge is 0.262 e. The lowest BCUT2D eigenvalue weighted by Gasteiger charge is -2.37. The summed E-state index contributed by atoms with van der Waals surface area (Å²) < 4.78 is 18.3. The molecule has 4 aromatic rings. The van der Waals surface area contributed by atoms with Crippen LogP contribution in [0.3, 0.4) is 0 Å². The van der Waals surface area contributed by atoms with E-state index in [-0.39, 0.29) is 5.91 Å². The summed E-state index contributed by atoms with van der Waals surface area (Å²) in [6, 6.07) is 20.9. The summed E-state index contributed by atoms with van der Waals surface area (Å²) in [4.78, 5) is 59.5. The summed E-state index contributed by atoms with van der Waals surface area (Å²) >= 11 is 0. The first-order valence-electron chi connectivity index (χ1n) is 22.5. The van der Waals surface area contributed by atoms with Gasteiger partial charge < -0.3 is 34.6 Å². The zero-order chi connectivity index (χ0) is 43.8. The van der Waals surface area contributed by atoms with Crippen molar-refractivity contribution in [3.05, 3.63) is 120 Å². The topological polar surface area (TPSA) is 145 Å². The molecule has 3 aromatic carbocycles. The standard InChI is InChI=1S/C49H57N9O6/c1-35-8-12-44(46(59)51-35)58-47(60)41-11-10-40(32-42(41)48(58)61)57-24-22-55(23-25-57)17-5-16-54-18-20-56(21-19-54)26-29-64-45-13-9-39-31-38(45)34-63-28-3-2-27-62-33-36-6-4-7-37(30-36)43-14-15-50-49(52-39)53-43/h2-4,6-7,9-11,13-15,30-32,44H,1,5,8,12,16-29,33-34H2,(H,51,59)(H,50,52,53)/b3-2+. The molecule has 9 rings (SSSR count). The number of anilines is 3. The van der Waals surface area contributed by atoms with Crippen LogP contribution in [0.25, 0.3) is 11.3 Å². The third-order valence-corrected chi connectivity index (χ3v) is 12.7. The summed E-state index contributed by atoms with van der Waals surface area (Å²) in [6.07, 6.45) is 7.80. The molecule has 1 aromatic heterocycles. The minimum absolute atomic E-state index is 0.349. The quantitative estimate of drug-likeness (QED) is 0.162. The van der Waals surface area contributed by atoms with Gasteiger partial charge in [-0.2, -0.15) is 0 Å². The van der Waals surface area contributed by atoms with Crippen LogP contribution in [0.1, 0.15) is 51.1 Å². The van der Waals surface area contributed by atoms with Gasteiger partial charge in [-0.05, 0) is 86.4 Å². The number of ether oxygens (including phenoxy) is 3. The zero-order valence-electron chi connectivity index (χ0n) is 36.4. The first-order chi connectivity index (χ1) is 31.3. The maximum absolute atomic E-state index is 13.4. The molecular weight excluding hydrogens is 811 g/mol. The Bertz CT molecular complexity index is 2370. The van der Waals surface area contributed by atoms with Crippen LogP contribution in [0, 0.1) is 0 Å². The number of imide groups is 1. The van der Waals surface area contributed by atoms with Crippen molar-refractivity contribution in [3.63, 3.8) is 0 Å². The fourth-order valence-corrected chi connectivity index (χ4v) is 9.06. The molecule has 15 nitrogen and oxygen atoms in total. The van der Waals surface area contributed by atoms with Gasteiger partial charge in [0, 0.05) is 93.3 Å². The number of rotatable bonds is 10. The number of amides is 3. The van der Waals surface area contributed by atoms with Gasteiger partial charge in [0.25, 0.3) is 11.8 Å². The van der Waals surface area contributed by atoms with Gasteiger partial charge >= 0.3 is 0 Å². The first kappa shape index (κ1) is 43.3. The molecule has 0 aliphatic carbocycles. The lowest BCUT2D eigenvalue weighted by molar-refractivity contribution is -0.125. The molecule has 15 heteroatoms. The summed E-state index contributed by atoms with van der Waals surface area (Å²) in [5.41, 5.74) is 7.04. The second-order valence-corrected chi connectivity index (χ2v) is 17.0. The maximum Gasteiger partial charge on any atom is 0.262 e. The number of nitrogens with zero attached hydrogens (tertiary/aromatic N) is 7. The van der Waals surface area contributed by atoms with Crippen LogP contribution in [0.2, 0.25) is 0 Å². The Morgan fingerprint density at radius 1 is 0.750 bits per heavy atom. The largest absolute Gasteiger partial charge is 0.492 e. The van der Waals surface area contributed by atoms with Crippen molar-refractivity contribution in [2.45, 2.75) is 38.5 Å². The fraction of sp³-hybridized carbons (Fsp3) is 0.408. The van der Waals surface area contributed by atoms with Crippen molar-refractivity contribution in [1.82, 2.24) is 34.9 Å². The Hall–Kier alpha value is -5.97. The molecule has 3 saturated heterocycles. The number of carbonyl (C=O) groups excluding carboxylic acids is 3. The molecule has 5 aliphatic heterocycles. The number of nitrogens with one attached hydrogen (secondary N) is 2. The average Bonchev–Trinajstić information content (AvgIpc) is 3.56. The highest BCUT2D eigenvalue weighted by Gasteiger charge is 2.44. The van der Waals surface area contributed by atoms with E-state index in [4.69, 9.17) is 19.2 Å². The molecule has 2 N–H and O–H groups in total. The van der Waals surface area contributed by atoms with Crippen LogP contribution in [-0.2, 0) is 27.5 Å². The second-order valence-electron chi connectivity index (χ2n) is 17.0. The van der Waals surface area contributed by atoms with Gasteiger partial charge in [-0.25, -0.2) is 9.97 Å². The molecule has 1 atom stereocenters. The van der Waals surface area contributed by atoms with E-state index in [0.717, 1.165) is 123 Å². The average molecular weight is 868 g/mol. The summed E-state index contributed by atoms with van der Waals surface area (Å²) in [7, 11) is 0. The maximum atomic E-state index is 13.4. The minimum Gasteiger partial charge on any atom is -0.492 e. The number of hydrogen-bond acceptors (Lipinski definition) is 13. The Morgan fingerprint density at radius 2 is 1.48 bits per heavy atom. The predicted octanol–water partition coefficient (Wildman–Crippen LogP) is 5.09. The number of carbonyl (C=O) groups is 3. The number of piperidine rings is 1. The molecule has 6 bridgehead atoms. The van der Waals surface area contributed by atoms with Gasteiger partial charge in [-0.15, -0.1) is 0 Å². The predicted molar refractivity (Wildman–Crippen MR) is 245 cm³/mol. The Kier molecular flexibility index (Phi) is 13.7. The molecule has 1 unspecified atom stereocenters.